The van der Waals surface area contributed by atoms with E-state index < -0.39 is 0 Å². The fourth-order valence-corrected chi connectivity index (χ4v) is 1.93. The molecule has 2 rings (SSSR count). The zero-order valence-corrected chi connectivity index (χ0v) is 8.12. The van der Waals surface area contributed by atoms with E-state index in [2.05, 4.69) is 4.99 Å². The lowest BCUT2D eigenvalue weighted by atomic mass is 10.1. The van der Waals surface area contributed by atoms with Crippen LogP contribution < -0.4 is 0 Å². The third kappa shape index (κ3) is 1.75. The minimum atomic E-state index is -0.315. The summed E-state index contributed by atoms with van der Waals surface area (Å²) in [6.45, 7) is 0. The van der Waals surface area contributed by atoms with Crippen molar-refractivity contribution in [1.29, 1.82) is 5.41 Å². The first-order valence-corrected chi connectivity index (χ1v) is 5.04. The Morgan fingerprint density at radius 1 is 1.36 bits per heavy atom. The van der Waals surface area contributed by atoms with Gasteiger partial charge in [0.15, 0.2) is 11.0 Å². The molecule has 1 aromatic rings. The molecule has 0 amide bonds. The summed E-state index contributed by atoms with van der Waals surface area (Å²) in [6, 6.07) is 9.08. The maximum Gasteiger partial charge on any atom is 0.181 e. The number of carbonyl (C=O) groups excluding carboxylic acids is 1. The lowest BCUT2D eigenvalue weighted by molar-refractivity contribution is 0.101. The Bertz CT molecular complexity index is 400. The van der Waals surface area contributed by atoms with Gasteiger partial charge in [0.1, 0.15) is 5.25 Å². The molecule has 1 heterocycles. The molecule has 0 aliphatic carbocycles. The molecule has 0 saturated heterocycles. The van der Waals surface area contributed by atoms with Gasteiger partial charge in [0, 0.05) is 11.8 Å². The van der Waals surface area contributed by atoms with Crippen LogP contribution in [-0.4, -0.2) is 22.4 Å². The monoisotopic (exact) mass is 204 g/mol. The summed E-state index contributed by atoms with van der Waals surface area (Å²) < 4.78 is 0. The number of carbonyl (C=O) groups is 1. The van der Waals surface area contributed by atoms with Crippen LogP contribution in [0, 0.1) is 5.41 Å². The molecule has 1 unspecified atom stereocenters. The highest BCUT2D eigenvalue weighted by molar-refractivity contribution is 8.15. The van der Waals surface area contributed by atoms with Crippen LogP contribution in [0.25, 0.3) is 0 Å². The topological polar surface area (TPSA) is 53.3 Å². The van der Waals surface area contributed by atoms with Crippen LogP contribution in [0.5, 0.6) is 0 Å². The number of aliphatic imine (C=N–C) groups is 1. The van der Waals surface area contributed by atoms with E-state index in [0.717, 1.165) is 0 Å². The largest absolute Gasteiger partial charge is 0.292 e. The van der Waals surface area contributed by atoms with E-state index in [-0.39, 0.29) is 16.2 Å². The molecule has 1 aromatic carbocycles. The molecule has 0 radical (unpaired) electrons. The molecule has 1 atom stereocenters. The number of thioether (sulfide) groups is 1. The van der Waals surface area contributed by atoms with E-state index >= 15 is 0 Å². The maximum absolute atomic E-state index is 11.8. The zero-order valence-electron chi connectivity index (χ0n) is 7.31. The van der Waals surface area contributed by atoms with Gasteiger partial charge in [-0.3, -0.25) is 10.2 Å². The predicted octanol–water partition coefficient (Wildman–Crippen LogP) is 1.99. The molecule has 0 spiro atoms. The van der Waals surface area contributed by atoms with E-state index in [9.17, 15) is 4.79 Å². The maximum atomic E-state index is 11.8. The average Bonchev–Trinajstić information content (AvgIpc) is 2.65. The number of nitrogens with zero attached hydrogens (tertiary/aromatic N) is 1. The number of ketones is 1. The second kappa shape index (κ2) is 3.75. The highest BCUT2D eigenvalue weighted by atomic mass is 32.2. The Kier molecular flexibility index (Phi) is 2.45. The molecule has 3 nitrogen and oxygen atoms in total. The van der Waals surface area contributed by atoms with Gasteiger partial charge in [-0.1, -0.05) is 42.1 Å². The molecular formula is C10H8N2OS. The average molecular weight is 204 g/mol. The van der Waals surface area contributed by atoms with Crippen molar-refractivity contribution in [1.82, 2.24) is 0 Å². The van der Waals surface area contributed by atoms with Crippen LogP contribution in [-0.2, 0) is 0 Å². The second-order valence-corrected chi connectivity index (χ2v) is 3.98. The number of rotatable bonds is 2. The van der Waals surface area contributed by atoms with Crippen LogP contribution in [0.2, 0.25) is 0 Å². The fraction of sp³-hybridized carbons (Fsp3) is 0.100. The standard InChI is InChI=1S/C10H8N2OS/c11-10-12-6-8(14-10)9(13)7-4-2-1-3-5-7/h1-6,8,11H. The van der Waals surface area contributed by atoms with Crippen molar-refractivity contribution >= 4 is 28.9 Å². The fourth-order valence-electron chi connectivity index (χ4n) is 1.20. The molecule has 0 fully saturated rings. The van der Waals surface area contributed by atoms with Crippen molar-refractivity contribution in [2.45, 2.75) is 5.25 Å². The van der Waals surface area contributed by atoms with Gasteiger partial charge in [0.25, 0.3) is 0 Å². The lowest BCUT2D eigenvalue weighted by Crippen LogP contribution is -2.16. The van der Waals surface area contributed by atoms with Gasteiger partial charge < -0.3 is 0 Å². The summed E-state index contributed by atoms with van der Waals surface area (Å²) in [5, 5.41) is 7.14. The molecule has 1 N–H and O–H groups in total. The van der Waals surface area contributed by atoms with E-state index in [0.29, 0.717) is 5.56 Å². The molecule has 0 saturated carbocycles. The van der Waals surface area contributed by atoms with Crippen molar-refractivity contribution in [3.63, 3.8) is 0 Å². The van der Waals surface area contributed by atoms with E-state index in [1.54, 1.807) is 12.1 Å². The van der Waals surface area contributed by atoms with Gasteiger partial charge in [-0.05, 0) is 0 Å². The Morgan fingerprint density at radius 2 is 2.07 bits per heavy atom. The summed E-state index contributed by atoms with van der Waals surface area (Å²) in [6.07, 6.45) is 1.53. The summed E-state index contributed by atoms with van der Waals surface area (Å²) >= 11 is 1.18. The van der Waals surface area contributed by atoms with Crippen LogP contribution in [0.1, 0.15) is 10.4 Å². The molecule has 70 valence electrons. The van der Waals surface area contributed by atoms with Crippen molar-refractivity contribution in [3.05, 3.63) is 35.9 Å². The van der Waals surface area contributed by atoms with Crippen LogP contribution in [0.4, 0.5) is 0 Å². The van der Waals surface area contributed by atoms with Gasteiger partial charge in [-0.25, -0.2) is 4.99 Å². The number of nitrogens with one attached hydrogen (secondary N) is 1. The summed E-state index contributed by atoms with van der Waals surface area (Å²) in [5.74, 6) is 0.0154. The Morgan fingerprint density at radius 3 is 2.64 bits per heavy atom. The SMILES string of the molecule is N=C1N=CC(C(=O)c2ccccc2)S1. The number of hydrogen-bond donors (Lipinski definition) is 1. The highest BCUT2D eigenvalue weighted by Gasteiger charge is 2.24. The van der Waals surface area contributed by atoms with Gasteiger partial charge >= 0.3 is 0 Å². The minimum Gasteiger partial charge on any atom is -0.292 e. The van der Waals surface area contributed by atoms with E-state index in [1.807, 2.05) is 18.2 Å². The Labute approximate surface area is 85.8 Å². The van der Waals surface area contributed by atoms with Gasteiger partial charge in [-0.2, -0.15) is 0 Å². The van der Waals surface area contributed by atoms with Gasteiger partial charge in [0.05, 0.1) is 0 Å². The molecule has 1 aliphatic heterocycles. The van der Waals surface area contributed by atoms with E-state index in [1.165, 1.54) is 18.0 Å². The lowest BCUT2D eigenvalue weighted by Gasteiger charge is -2.03. The molecule has 0 aromatic heterocycles. The van der Waals surface area contributed by atoms with Crippen LogP contribution in [0.3, 0.4) is 0 Å². The molecular weight excluding hydrogens is 196 g/mol. The Hall–Kier alpha value is -1.42. The number of hydrogen-bond acceptors (Lipinski definition) is 3. The van der Waals surface area contributed by atoms with Gasteiger partial charge in [-0.15, -0.1) is 0 Å². The first-order chi connectivity index (χ1) is 6.77. The van der Waals surface area contributed by atoms with Crippen molar-refractivity contribution in [2.24, 2.45) is 4.99 Å². The van der Waals surface area contributed by atoms with Gasteiger partial charge in [0.2, 0.25) is 0 Å². The molecule has 4 heteroatoms. The first-order valence-electron chi connectivity index (χ1n) is 4.16. The van der Waals surface area contributed by atoms with Crippen LogP contribution >= 0.6 is 11.8 Å². The molecule has 1 aliphatic rings. The van der Waals surface area contributed by atoms with Crippen molar-refractivity contribution in [3.8, 4) is 0 Å². The quantitative estimate of drug-likeness (QED) is 0.749. The number of Topliss-reactive ketones (excluding diaryl/α,β-unsaturated/α-hetero) is 1. The van der Waals surface area contributed by atoms with E-state index in [4.69, 9.17) is 5.41 Å². The zero-order chi connectivity index (χ0) is 9.97. The highest BCUT2D eigenvalue weighted by Crippen LogP contribution is 2.21. The normalized spacial score (nSPS) is 20.0. The van der Waals surface area contributed by atoms with Crippen molar-refractivity contribution in [2.75, 3.05) is 0 Å². The summed E-state index contributed by atoms with van der Waals surface area (Å²) in [5.41, 5.74) is 0.672. The Balaban J connectivity index is 2.18. The number of benzene rings is 1. The smallest absolute Gasteiger partial charge is 0.181 e. The summed E-state index contributed by atoms with van der Waals surface area (Å²) in [7, 11) is 0. The first kappa shape index (κ1) is 9.15. The summed E-state index contributed by atoms with van der Waals surface area (Å²) in [4.78, 5) is 15.5. The molecule has 14 heavy (non-hydrogen) atoms. The van der Waals surface area contributed by atoms with Crippen LogP contribution in [0.15, 0.2) is 35.3 Å². The third-order valence-corrected chi connectivity index (χ3v) is 2.80. The number of amidine groups is 1. The molecule has 0 bridgehead atoms. The predicted molar refractivity (Wildman–Crippen MR) is 58.4 cm³/mol. The minimum absolute atomic E-state index is 0.0154. The van der Waals surface area contributed by atoms with Crippen molar-refractivity contribution < 1.29 is 4.79 Å². The second-order valence-electron chi connectivity index (χ2n) is 2.85. The third-order valence-electron chi connectivity index (χ3n) is 1.88.